The maximum Gasteiger partial charge on any atom is 0.166 e. The van der Waals surface area contributed by atoms with Gasteiger partial charge in [-0.15, -0.1) is 0 Å². The van der Waals surface area contributed by atoms with Crippen molar-refractivity contribution in [2.45, 2.75) is 12.8 Å². The molecule has 0 radical (unpaired) electrons. The Morgan fingerprint density at radius 1 is 0.800 bits per heavy atom. The van der Waals surface area contributed by atoms with Crippen molar-refractivity contribution >= 4 is 17.4 Å². The van der Waals surface area contributed by atoms with Crippen LogP contribution < -0.4 is 0 Å². The first-order valence-electron chi connectivity index (χ1n) is 8.23. The molecule has 0 aliphatic rings. The molecule has 0 bridgehead atoms. The van der Waals surface area contributed by atoms with Crippen molar-refractivity contribution < 1.29 is 9.90 Å². The van der Waals surface area contributed by atoms with Crippen LogP contribution in [-0.2, 0) is 12.8 Å². The third kappa shape index (κ3) is 4.71. The van der Waals surface area contributed by atoms with Crippen LogP contribution in [0.2, 0.25) is 5.02 Å². The summed E-state index contributed by atoms with van der Waals surface area (Å²) in [4.78, 5) is 13.0. The van der Waals surface area contributed by atoms with Crippen LogP contribution in [0.3, 0.4) is 0 Å². The van der Waals surface area contributed by atoms with E-state index in [9.17, 15) is 9.90 Å². The zero-order valence-corrected chi connectivity index (χ0v) is 14.5. The summed E-state index contributed by atoms with van der Waals surface area (Å²) in [6, 6.07) is 24.1. The summed E-state index contributed by atoms with van der Waals surface area (Å²) < 4.78 is 0. The van der Waals surface area contributed by atoms with Crippen molar-refractivity contribution in [2.75, 3.05) is 0 Å². The molecule has 1 atom stereocenters. The molecule has 25 heavy (non-hydrogen) atoms. The van der Waals surface area contributed by atoms with Gasteiger partial charge >= 0.3 is 0 Å². The zero-order chi connectivity index (χ0) is 17.6. The standard InChI is InChI=1S/C22H19ClO2/c23-20-10-6-17(7-11-20)15-19(14-16-4-2-1-3-5-16)22(25)18-8-12-21(24)13-9-18/h1-13,19,24H,14-15H2. The van der Waals surface area contributed by atoms with Crippen LogP contribution in [0.5, 0.6) is 5.75 Å². The highest BCUT2D eigenvalue weighted by molar-refractivity contribution is 6.30. The molecule has 3 aromatic carbocycles. The zero-order valence-electron chi connectivity index (χ0n) is 13.7. The molecule has 0 heterocycles. The average Bonchev–Trinajstić information content (AvgIpc) is 2.64. The molecule has 0 aliphatic heterocycles. The number of hydrogen-bond donors (Lipinski definition) is 1. The minimum atomic E-state index is -0.173. The summed E-state index contributed by atoms with van der Waals surface area (Å²) >= 11 is 5.96. The van der Waals surface area contributed by atoms with Gasteiger partial charge in [0.2, 0.25) is 0 Å². The van der Waals surface area contributed by atoms with Gasteiger partial charge in [-0.25, -0.2) is 0 Å². The molecular weight excluding hydrogens is 332 g/mol. The fraction of sp³-hybridized carbons (Fsp3) is 0.136. The monoisotopic (exact) mass is 350 g/mol. The number of ketones is 1. The number of halogens is 1. The van der Waals surface area contributed by atoms with Gasteiger partial charge in [-0.3, -0.25) is 4.79 Å². The highest BCUT2D eigenvalue weighted by Gasteiger charge is 2.21. The molecule has 1 unspecified atom stereocenters. The number of Topliss-reactive ketones (excluding diaryl/α,β-unsaturated/α-hetero) is 1. The van der Waals surface area contributed by atoms with E-state index in [2.05, 4.69) is 0 Å². The van der Waals surface area contributed by atoms with Crippen LogP contribution in [0.1, 0.15) is 21.5 Å². The van der Waals surface area contributed by atoms with Gasteiger partial charge in [0.25, 0.3) is 0 Å². The summed E-state index contributed by atoms with van der Waals surface area (Å²) in [6.07, 6.45) is 1.31. The van der Waals surface area contributed by atoms with E-state index < -0.39 is 0 Å². The summed E-state index contributed by atoms with van der Waals surface area (Å²) in [7, 11) is 0. The van der Waals surface area contributed by atoms with E-state index in [-0.39, 0.29) is 17.5 Å². The Kier molecular flexibility index (Phi) is 5.52. The Morgan fingerprint density at radius 3 is 1.96 bits per heavy atom. The van der Waals surface area contributed by atoms with E-state index in [0.29, 0.717) is 23.4 Å². The first kappa shape index (κ1) is 17.2. The van der Waals surface area contributed by atoms with Crippen LogP contribution in [0.4, 0.5) is 0 Å². The van der Waals surface area contributed by atoms with Gasteiger partial charge in [0.1, 0.15) is 5.75 Å². The predicted octanol–water partition coefficient (Wildman–Crippen LogP) is 5.33. The Balaban J connectivity index is 1.86. The Hall–Kier alpha value is -2.58. The SMILES string of the molecule is O=C(c1ccc(O)cc1)C(Cc1ccccc1)Cc1ccc(Cl)cc1. The first-order chi connectivity index (χ1) is 12.1. The maximum atomic E-state index is 13.0. The second-order valence-corrected chi connectivity index (χ2v) is 6.56. The lowest BCUT2D eigenvalue weighted by molar-refractivity contribution is 0.0918. The van der Waals surface area contributed by atoms with Gasteiger partial charge in [-0.05, 0) is 60.4 Å². The Labute approximate surface area is 152 Å². The minimum Gasteiger partial charge on any atom is -0.508 e. The first-order valence-corrected chi connectivity index (χ1v) is 8.61. The van der Waals surface area contributed by atoms with Gasteiger partial charge in [-0.2, -0.15) is 0 Å². The number of aromatic hydroxyl groups is 1. The Bertz CT molecular complexity index is 824. The van der Waals surface area contributed by atoms with E-state index in [0.717, 1.165) is 11.1 Å². The van der Waals surface area contributed by atoms with Crippen molar-refractivity contribution in [2.24, 2.45) is 5.92 Å². The van der Waals surface area contributed by atoms with E-state index >= 15 is 0 Å². The third-order valence-corrected chi connectivity index (χ3v) is 4.49. The van der Waals surface area contributed by atoms with Crippen molar-refractivity contribution in [3.05, 3.63) is 101 Å². The van der Waals surface area contributed by atoms with E-state index in [1.165, 1.54) is 0 Å². The smallest absolute Gasteiger partial charge is 0.166 e. The number of phenolic OH excluding ortho intramolecular Hbond substituents is 1. The topological polar surface area (TPSA) is 37.3 Å². The summed E-state index contributed by atoms with van der Waals surface area (Å²) in [5, 5.41) is 10.1. The summed E-state index contributed by atoms with van der Waals surface area (Å²) in [6.45, 7) is 0. The molecule has 3 aromatic rings. The molecule has 0 amide bonds. The Morgan fingerprint density at radius 2 is 1.36 bits per heavy atom. The minimum absolute atomic E-state index is 0.0822. The molecule has 126 valence electrons. The highest BCUT2D eigenvalue weighted by Crippen LogP contribution is 2.22. The van der Waals surface area contributed by atoms with Crippen LogP contribution in [-0.4, -0.2) is 10.9 Å². The summed E-state index contributed by atoms with van der Waals surface area (Å²) in [5.74, 6) is 0.0702. The lowest BCUT2D eigenvalue weighted by Gasteiger charge is -2.17. The molecule has 0 saturated carbocycles. The van der Waals surface area contributed by atoms with E-state index in [4.69, 9.17) is 11.6 Å². The van der Waals surface area contributed by atoms with Crippen molar-refractivity contribution in [1.82, 2.24) is 0 Å². The third-order valence-electron chi connectivity index (χ3n) is 4.24. The van der Waals surface area contributed by atoms with Crippen LogP contribution in [0, 0.1) is 5.92 Å². The van der Waals surface area contributed by atoms with Gasteiger partial charge in [0, 0.05) is 16.5 Å². The fourth-order valence-electron chi connectivity index (χ4n) is 2.92. The maximum absolute atomic E-state index is 13.0. The number of rotatable bonds is 6. The van der Waals surface area contributed by atoms with Crippen molar-refractivity contribution in [3.63, 3.8) is 0 Å². The molecule has 0 spiro atoms. The molecule has 0 aromatic heterocycles. The molecule has 1 N–H and O–H groups in total. The number of carbonyl (C=O) groups is 1. The molecular formula is C22H19ClO2. The van der Waals surface area contributed by atoms with Gasteiger partial charge < -0.3 is 5.11 Å². The summed E-state index contributed by atoms with van der Waals surface area (Å²) in [5.41, 5.74) is 2.83. The van der Waals surface area contributed by atoms with Crippen molar-refractivity contribution in [3.8, 4) is 5.75 Å². The molecule has 3 heteroatoms. The molecule has 0 aliphatic carbocycles. The van der Waals surface area contributed by atoms with E-state index in [1.54, 1.807) is 24.3 Å². The van der Waals surface area contributed by atoms with Crippen LogP contribution in [0.15, 0.2) is 78.9 Å². The second kappa shape index (κ2) is 8.00. The number of carbonyl (C=O) groups excluding carboxylic acids is 1. The quantitative estimate of drug-likeness (QED) is 0.610. The van der Waals surface area contributed by atoms with Crippen LogP contribution in [0.25, 0.3) is 0 Å². The molecule has 2 nitrogen and oxygen atoms in total. The normalized spacial score (nSPS) is 11.9. The lowest BCUT2D eigenvalue weighted by atomic mass is 9.86. The largest absolute Gasteiger partial charge is 0.508 e. The number of benzene rings is 3. The predicted molar refractivity (Wildman–Crippen MR) is 101 cm³/mol. The second-order valence-electron chi connectivity index (χ2n) is 6.13. The number of hydrogen-bond acceptors (Lipinski definition) is 2. The van der Waals surface area contributed by atoms with Gasteiger partial charge in [0.15, 0.2) is 5.78 Å². The van der Waals surface area contributed by atoms with Crippen molar-refractivity contribution in [1.29, 1.82) is 0 Å². The molecule has 0 saturated heterocycles. The van der Waals surface area contributed by atoms with E-state index in [1.807, 2.05) is 54.6 Å². The average molecular weight is 351 g/mol. The fourth-order valence-corrected chi connectivity index (χ4v) is 3.05. The lowest BCUT2D eigenvalue weighted by Crippen LogP contribution is -2.20. The van der Waals surface area contributed by atoms with Gasteiger partial charge in [0.05, 0.1) is 0 Å². The molecule has 3 rings (SSSR count). The van der Waals surface area contributed by atoms with Crippen LogP contribution >= 0.6 is 11.6 Å². The van der Waals surface area contributed by atoms with Gasteiger partial charge in [-0.1, -0.05) is 54.1 Å². The number of phenols is 1. The highest BCUT2D eigenvalue weighted by atomic mass is 35.5. The molecule has 0 fully saturated rings.